The van der Waals surface area contributed by atoms with Crippen molar-refractivity contribution in [2.45, 2.75) is 32.6 Å². The van der Waals surface area contributed by atoms with Gasteiger partial charge in [-0.1, -0.05) is 26.2 Å². The van der Waals surface area contributed by atoms with E-state index in [1.807, 2.05) is 7.05 Å². The van der Waals surface area contributed by atoms with Crippen LogP contribution in [0.15, 0.2) is 0 Å². The number of carbonyl (C=O) groups is 1. The Morgan fingerprint density at radius 3 is 2.25 bits per heavy atom. The topological polar surface area (TPSA) is 46.3 Å². The Balaban J connectivity index is 0. The first-order chi connectivity index (χ1) is 5.81. The third-order valence-corrected chi connectivity index (χ3v) is 1.54. The van der Waals surface area contributed by atoms with Gasteiger partial charge in [0.25, 0.3) is 0 Å². The maximum Gasteiger partial charge on any atom is 0.209 e. The van der Waals surface area contributed by atoms with Crippen molar-refractivity contribution in [3.05, 3.63) is 0 Å². The van der Waals surface area contributed by atoms with E-state index in [0.29, 0.717) is 0 Å². The molecule has 0 aliphatic heterocycles. The average molecular weight is 174 g/mol. The van der Waals surface area contributed by atoms with Crippen LogP contribution in [0.2, 0.25) is 0 Å². The van der Waals surface area contributed by atoms with Gasteiger partial charge in [0.05, 0.1) is 0 Å². The Labute approximate surface area is 75.9 Å². The summed E-state index contributed by atoms with van der Waals surface area (Å²) in [5.41, 5.74) is 4.50. The molecule has 0 saturated carbocycles. The molecule has 0 rings (SSSR count). The SMILES string of the molecule is CCCCCCN(C)C=O.CN. The highest BCUT2D eigenvalue weighted by atomic mass is 16.1. The second-order valence-corrected chi connectivity index (χ2v) is 2.65. The van der Waals surface area contributed by atoms with Gasteiger partial charge in [0.1, 0.15) is 0 Å². The number of hydrogen-bond donors (Lipinski definition) is 1. The first-order valence-electron chi connectivity index (χ1n) is 4.54. The summed E-state index contributed by atoms with van der Waals surface area (Å²) in [6.45, 7) is 3.09. The Morgan fingerprint density at radius 1 is 1.25 bits per heavy atom. The lowest BCUT2D eigenvalue weighted by molar-refractivity contribution is -0.117. The van der Waals surface area contributed by atoms with E-state index >= 15 is 0 Å². The van der Waals surface area contributed by atoms with Gasteiger partial charge in [0.2, 0.25) is 6.41 Å². The van der Waals surface area contributed by atoms with Crippen molar-refractivity contribution in [2.75, 3.05) is 20.6 Å². The predicted octanol–water partition coefficient (Wildman–Crippen LogP) is 1.23. The van der Waals surface area contributed by atoms with Crippen LogP contribution in [0.5, 0.6) is 0 Å². The molecule has 3 heteroatoms. The summed E-state index contributed by atoms with van der Waals surface area (Å²) in [4.78, 5) is 11.8. The van der Waals surface area contributed by atoms with E-state index < -0.39 is 0 Å². The second-order valence-electron chi connectivity index (χ2n) is 2.65. The quantitative estimate of drug-likeness (QED) is 0.486. The molecule has 0 aliphatic rings. The molecule has 0 atom stereocenters. The smallest absolute Gasteiger partial charge is 0.209 e. The molecule has 0 aromatic heterocycles. The molecule has 0 unspecified atom stereocenters. The third kappa shape index (κ3) is 12.1. The van der Waals surface area contributed by atoms with Crippen LogP contribution in [-0.4, -0.2) is 32.0 Å². The van der Waals surface area contributed by atoms with Gasteiger partial charge in [-0.05, 0) is 13.5 Å². The lowest BCUT2D eigenvalue weighted by atomic mass is 10.2. The normalized spacial score (nSPS) is 8.33. The van der Waals surface area contributed by atoms with E-state index in [0.717, 1.165) is 19.4 Å². The van der Waals surface area contributed by atoms with E-state index in [1.54, 1.807) is 4.90 Å². The van der Waals surface area contributed by atoms with Crippen LogP contribution in [0.1, 0.15) is 32.6 Å². The van der Waals surface area contributed by atoms with Gasteiger partial charge < -0.3 is 10.6 Å². The summed E-state index contributed by atoms with van der Waals surface area (Å²) in [7, 11) is 3.32. The number of nitrogens with zero attached hydrogens (tertiary/aromatic N) is 1. The molecule has 74 valence electrons. The Bertz CT molecular complexity index is 86.6. The van der Waals surface area contributed by atoms with Gasteiger partial charge in [0.15, 0.2) is 0 Å². The van der Waals surface area contributed by atoms with Crippen LogP contribution >= 0.6 is 0 Å². The highest BCUT2D eigenvalue weighted by Gasteiger charge is 1.91. The minimum atomic E-state index is 0.881. The fourth-order valence-corrected chi connectivity index (χ4v) is 0.841. The van der Waals surface area contributed by atoms with Crippen LogP contribution in [0.25, 0.3) is 0 Å². The molecule has 0 bridgehead atoms. The lowest BCUT2D eigenvalue weighted by Gasteiger charge is -2.08. The van der Waals surface area contributed by atoms with Gasteiger partial charge in [0, 0.05) is 13.6 Å². The number of rotatable bonds is 6. The summed E-state index contributed by atoms with van der Waals surface area (Å²) in [6.07, 6.45) is 5.81. The molecule has 12 heavy (non-hydrogen) atoms. The van der Waals surface area contributed by atoms with E-state index in [-0.39, 0.29) is 0 Å². The maximum atomic E-state index is 10.1. The average Bonchev–Trinajstić information content (AvgIpc) is 2.15. The summed E-state index contributed by atoms with van der Waals surface area (Å²) >= 11 is 0. The van der Waals surface area contributed by atoms with Crippen molar-refractivity contribution >= 4 is 6.41 Å². The molecular formula is C9H22N2O. The van der Waals surface area contributed by atoms with Gasteiger partial charge >= 0.3 is 0 Å². The zero-order valence-electron chi connectivity index (χ0n) is 8.55. The molecule has 2 N–H and O–H groups in total. The molecule has 3 nitrogen and oxygen atoms in total. The van der Waals surface area contributed by atoms with Gasteiger partial charge in [-0.25, -0.2) is 0 Å². The number of amides is 1. The standard InChI is InChI=1S/C8H17NO.CH5N/c1-3-4-5-6-7-9(2)8-10;1-2/h8H,3-7H2,1-2H3;2H2,1H3. The van der Waals surface area contributed by atoms with Crippen molar-refractivity contribution in [2.24, 2.45) is 5.73 Å². The Kier molecular flexibility index (Phi) is 15.2. The van der Waals surface area contributed by atoms with Crippen molar-refractivity contribution in [3.63, 3.8) is 0 Å². The van der Waals surface area contributed by atoms with Crippen LogP contribution in [0.3, 0.4) is 0 Å². The van der Waals surface area contributed by atoms with Gasteiger partial charge in [-0.3, -0.25) is 4.79 Å². The molecule has 0 radical (unpaired) electrons. The van der Waals surface area contributed by atoms with Crippen molar-refractivity contribution in [1.29, 1.82) is 0 Å². The molecular weight excluding hydrogens is 152 g/mol. The van der Waals surface area contributed by atoms with E-state index in [4.69, 9.17) is 0 Å². The van der Waals surface area contributed by atoms with E-state index in [2.05, 4.69) is 12.7 Å². The molecule has 0 spiro atoms. The summed E-state index contributed by atoms with van der Waals surface area (Å²) in [5.74, 6) is 0. The molecule has 0 fully saturated rings. The van der Waals surface area contributed by atoms with Gasteiger partial charge in [-0.2, -0.15) is 0 Å². The molecule has 0 aliphatic carbocycles. The van der Waals surface area contributed by atoms with Crippen molar-refractivity contribution in [1.82, 2.24) is 4.90 Å². The zero-order valence-corrected chi connectivity index (χ0v) is 8.55. The fourth-order valence-electron chi connectivity index (χ4n) is 0.841. The van der Waals surface area contributed by atoms with E-state index in [9.17, 15) is 4.79 Å². The lowest BCUT2D eigenvalue weighted by Crippen LogP contribution is -2.16. The van der Waals surface area contributed by atoms with Crippen molar-refractivity contribution in [3.8, 4) is 0 Å². The third-order valence-electron chi connectivity index (χ3n) is 1.54. The number of unbranched alkanes of at least 4 members (excludes halogenated alkanes) is 3. The minimum absolute atomic E-state index is 0.881. The van der Waals surface area contributed by atoms with Gasteiger partial charge in [-0.15, -0.1) is 0 Å². The number of nitrogens with two attached hydrogens (primary N) is 1. The second kappa shape index (κ2) is 13.1. The highest BCUT2D eigenvalue weighted by molar-refractivity contribution is 5.46. The van der Waals surface area contributed by atoms with Crippen LogP contribution < -0.4 is 5.73 Å². The highest BCUT2D eigenvalue weighted by Crippen LogP contribution is 1.98. The number of hydrogen-bond acceptors (Lipinski definition) is 2. The fraction of sp³-hybridized carbons (Fsp3) is 0.889. The largest absolute Gasteiger partial charge is 0.348 e. The van der Waals surface area contributed by atoms with Crippen molar-refractivity contribution < 1.29 is 4.79 Å². The van der Waals surface area contributed by atoms with Crippen LogP contribution in [0.4, 0.5) is 0 Å². The van der Waals surface area contributed by atoms with E-state index in [1.165, 1.54) is 26.3 Å². The minimum Gasteiger partial charge on any atom is -0.348 e. The predicted molar refractivity (Wildman–Crippen MR) is 52.9 cm³/mol. The molecule has 0 aromatic carbocycles. The van der Waals surface area contributed by atoms with Crippen LogP contribution in [-0.2, 0) is 4.79 Å². The zero-order chi connectivity index (χ0) is 9.82. The Hall–Kier alpha value is -0.570. The summed E-state index contributed by atoms with van der Waals surface area (Å²) in [5, 5.41) is 0. The Morgan fingerprint density at radius 2 is 1.83 bits per heavy atom. The summed E-state index contributed by atoms with van der Waals surface area (Å²) in [6, 6.07) is 0. The molecule has 0 saturated heterocycles. The maximum absolute atomic E-state index is 10.1. The van der Waals surface area contributed by atoms with Crippen LogP contribution in [0, 0.1) is 0 Å². The molecule has 1 amide bonds. The molecule has 0 heterocycles. The molecule has 0 aromatic rings. The summed E-state index contributed by atoms with van der Waals surface area (Å²) < 4.78 is 0. The first kappa shape index (κ1) is 14.0. The number of carbonyl (C=O) groups excluding carboxylic acids is 1. The monoisotopic (exact) mass is 174 g/mol. The first-order valence-corrected chi connectivity index (χ1v) is 4.54.